The number of benzene rings is 1. The van der Waals surface area contributed by atoms with Crippen LogP contribution in [0.5, 0.6) is 5.75 Å². The van der Waals surface area contributed by atoms with Crippen LogP contribution in [-0.4, -0.2) is 31.1 Å². The summed E-state index contributed by atoms with van der Waals surface area (Å²) in [4.78, 5) is 2.33. The van der Waals surface area contributed by atoms with Crippen LogP contribution in [0.1, 0.15) is 37.8 Å². The fraction of sp³-hybridized carbons (Fsp3) is 0.600. The molecule has 0 spiro atoms. The first kappa shape index (κ1) is 14.3. The number of likely N-dealkylation sites (tertiary alicyclic amines) is 1. The first-order chi connectivity index (χ1) is 9.08. The van der Waals surface area contributed by atoms with E-state index in [1.165, 1.54) is 25.0 Å². The lowest BCUT2D eigenvalue weighted by Gasteiger charge is -2.32. The number of hydrogen-bond donors (Lipinski definition) is 1. The minimum atomic E-state index is -0.269. The van der Waals surface area contributed by atoms with Gasteiger partial charge in [0.2, 0.25) is 0 Å². The quantitative estimate of drug-likeness (QED) is 0.910. The smallest absolute Gasteiger partial charge is 0.124 e. The third-order valence-electron chi connectivity index (χ3n) is 3.82. The summed E-state index contributed by atoms with van der Waals surface area (Å²) >= 11 is 0. The zero-order chi connectivity index (χ0) is 13.8. The Morgan fingerprint density at radius 2 is 2.26 bits per heavy atom. The molecule has 4 heteroatoms. The number of ether oxygens (including phenoxy) is 1. The van der Waals surface area contributed by atoms with Crippen LogP contribution >= 0.6 is 0 Å². The van der Waals surface area contributed by atoms with Gasteiger partial charge < -0.3 is 15.4 Å². The number of nitrogens with two attached hydrogens (primary N) is 1. The van der Waals surface area contributed by atoms with E-state index in [9.17, 15) is 4.39 Å². The van der Waals surface area contributed by atoms with Gasteiger partial charge in [-0.15, -0.1) is 0 Å². The third-order valence-corrected chi connectivity index (χ3v) is 3.82. The molecule has 0 amide bonds. The minimum Gasteiger partial charge on any atom is -0.492 e. The van der Waals surface area contributed by atoms with Gasteiger partial charge in [-0.1, -0.05) is 6.42 Å². The molecule has 0 aliphatic carbocycles. The fourth-order valence-corrected chi connectivity index (χ4v) is 2.55. The average Bonchev–Trinajstić information content (AvgIpc) is 2.38. The number of hydrogen-bond acceptors (Lipinski definition) is 3. The van der Waals surface area contributed by atoms with Gasteiger partial charge in [0.05, 0.1) is 0 Å². The SMILES string of the molecule is CC(N)c1cc(F)ccc1OCC1CCCCN1C. The predicted octanol–water partition coefficient (Wildman–Crippen LogP) is 2.71. The molecule has 106 valence electrons. The van der Waals surface area contributed by atoms with E-state index in [1.807, 2.05) is 6.92 Å². The molecular formula is C15H23FN2O. The lowest BCUT2D eigenvalue weighted by molar-refractivity contribution is 0.124. The van der Waals surface area contributed by atoms with Gasteiger partial charge in [-0.05, 0) is 51.6 Å². The summed E-state index contributed by atoms with van der Waals surface area (Å²) in [5.74, 6) is 0.435. The number of piperidine rings is 1. The van der Waals surface area contributed by atoms with Crippen molar-refractivity contribution in [2.24, 2.45) is 5.73 Å². The van der Waals surface area contributed by atoms with Crippen molar-refractivity contribution >= 4 is 0 Å². The van der Waals surface area contributed by atoms with E-state index < -0.39 is 0 Å². The molecule has 1 aliphatic rings. The second-order valence-corrected chi connectivity index (χ2v) is 5.41. The van der Waals surface area contributed by atoms with Gasteiger partial charge in [0.1, 0.15) is 18.2 Å². The first-order valence-electron chi connectivity index (χ1n) is 6.96. The molecule has 1 fully saturated rings. The number of nitrogens with zero attached hydrogens (tertiary/aromatic N) is 1. The molecular weight excluding hydrogens is 243 g/mol. The van der Waals surface area contributed by atoms with Crippen molar-refractivity contribution in [3.63, 3.8) is 0 Å². The van der Waals surface area contributed by atoms with Crippen LogP contribution in [0.25, 0.3) is 0 Å². The minimum absolute atomic E-state index is 0.227. The second-order valence-electron chi connectivity index (χ2n) is 5.41. The maximum Gasteiger partial charge on any atom is 0.124 e. The van der Waals surface area contributed by atoms with Crippen molar-refractivity contribution in [2.45, 2.75) is 38.3 Å². The Kier molecular flexibility index (Phi) is 4.77. The number of rotatable bonds is 4. The summed E-state index contributed by atoms with van der Waals surface area (Å²) in [6.07, 6.45) is 3.67. The van der Waals surface area contributed by atoms with Crippen LogP contribution in [-0.2, 0) is 0 Å². The summed E-state index contributed by atoms with van der Waals surface area (Å²) in [5, 5.41) is 0. The molecule has 2 atom stereocenters. The van der Waals surface area contributed by atoms with E-state index in [1.54, 1.807) is 6.07 Å². The molecule has 1 aliphatic heterocycles. The summed E-state index contributed by atoms with van der Waals surface area (Å²) in [6, 6.07) is 4.78. The number of halogens is 1. The van der Waals surface area contributed by atoms with Gasteiger partial charge in [-0.3, -0.25) is 0 Å². The zero-order valence-electron chi connectivity index (χ0n) is 11.7. The van der Waals surface area contributed by atoms with Gasteiger partial charge in [0, 0.05) is 17.6 Å². The van der Waals surface area contributed by atoms with E-state index >= 15 is 0 Å². The Bertz CT molecular complexity index is 423. The maximum absolute atomic E-state index is 13.2. The normalized spacial score (nSPS) is 22.2. The zero-order valence-corrected chi connectivity index (χ0v) is 11.7. The van der Waals surface area contributed by atoms with E-state index in [-0.39, 0.29) is 11.9 Å². The highest BCUT2D eigenvalue weighted by Gasteiger charge is 2.20. The Hall–Kier alpha value is -1.13. The largest absolute Gasteiger partial charge is 0.492 e. The molecule has 1 heterocycles. The van der Waals surface area contributed by atoms with E-state index in [0.29, 0.717) is 18.4 Å². The fourth-order valence-electron chi connectivity index (χ4n) is 2.55. The third kappa shape index (κ3) is 3.67. The highest BCUT2D eigenvalue weighted by atomic mass is 19.1. The van der Waals surface area contributed by atoms with E-state index in [0.717, 1.165) is 18.5 Å². The molecule has 0 bridgehead atoms. The molecule has 1 aromatic carbocycles. The van der Waals surface area contributed by atoms with E-state index in [4.69, 9.17) is 10.5 Å². The topological polar surface area (TPSA) is 38.5 Å². The Morgan fingerprint density at radius 3 is 2.95 bits per heavy atom. The van der Waals surface area contributed by atoms with Gasteiger partial charge in [0.25, 0.3) is 0 Å². The summed E-state index contributed by atoms with van der Waals surface area (Å²) < 4.78 is 19.1. The highest BCUT2D eigenvalue weighted by Crippen LogP contribution is 2.26. The Morgan fingerprint density at radius 1 is 1.47 bits per heavy atom. The average molecular weight is 266 g/mol. The van der Waals surface area contributed by atoms with Crippen molar-refractivity contribution in [1.82, 2.24) is 4.90 Å². The van der Waals surface area contributed by atoms with Crippen LogP contribution in [0.4, 0.5) is 4.39 Å². The first-order valence-corrected chi connectivity index (χ1v) is 6.96. The van der Waals surface area contributed by atoms with Gasteiger partial charge in [-0.25, -0.2) is 4.39 Å². The number of likely N-dealkylation sites (N-methyl/N-ethyl adjacent to an activating group) is 1. The van der Waals surface area contributed by atoms with Crippen LogP contribution in [0.2, 0.25) is 0 Å². The molecule has 2 unspecified atom stereocenters. The van der Waals surface area contributed by atoms with Crippen LogP contribution in [0.15, 0.2) is 18.2 Å². The van der Waals surface area contributed by atoms with Crippen molar-refractivity contribution < 1.29 is 9.13 Å². The Labute approximate surface area is 114 Å². The molecule has 2 N–H and O–H groups in total. The van der Waals surface area contributed by atoms with Crippen molar-refractivity contribution in [2.75, 3.05) is 20.2 Å². The summed E-state index contributed by atoms with van der Waals surface area (Å²) in [7, 11) is 2.13. The maximum atomic E-state index is 13.2. The van der Waals surface area contributed by atoms with Gasteiger partial charge >= 0.3 is 0 Å². The standard InChI is InChI=1S/C15H23FN2O/c1-11(17)14-9-12(16)6-7-15(14)19-10-13-5-3-4-8-18(13)2/h6-7,9,11,13H,3-5,8,10,17H2,1-2H3. The molecule has 2 rings (SSSR count). The van der Waals surface area contributed by atoms with Crippen molar-refractivity contribution in [3.05, 3.63) is 29.6 Å². The van der Waals surface area contributed by atoms with Crippen LogP contribution in [0.3, 0.4) is 0 Å². The Balaban J connectivity index is 2.02. The molecule has 1 aromatic rings. The van der Waals surface area contributed by atoms with Crippen molar-refractivity contribution in [1.29, 1.82) is 0 Å². The summed E-state index contributed by atoms with van der Waals surface area (Å²) in [6.45, 7) is 3.60. The second kappa shape index (κ2) is 6.35. The molecule has 0 aromatic heterocycles. The van der Waals surface area contributed by atoms with Gasteiger partial charge in [0.15, 0.2) is 0 Å². The van der Waals surface area contributed by atoms with Crippen LogP contribution in [0, 0.1) is 5.82 Å². The molecule has 1 saturated heterocycles. The summed E-state index contributed by atoms with van der Waals surface area (Å²) in [5.41, 5.74) is 6.60. The predicted molar refractivity (Wildman–Crippen MR) is 74.8 cm³/mol. The molecule has 3 nitrogen and oxygen atoms in total. The highest BCUT2D eigenvalue weighted by molar-refractivity contribution is 5.36. The monoisotopic (exact) mass is 266 g/mol. The lowest BCUT2D eigenvalue weighted by Crippen LogP contribution is -2.40. The van der Waals surface area contributed by atoms with Gasteiger partial charge in [-0.2, -0.15) is 0 Å². The molecule has 0 radical (unpaired) electrons. The molecule has 19 heavy (non-hydrogen) atoms. The van der Waals surface area contributed by atoms with Crippen molar-refractivity contribution in [3.8, 4) is 5.75 Å². The molecule has 0 saturated carbocycles. The van der Waals surface area contributed by atoms with E-state index in [2.05, 4.69) is 11.9 Å². The lowest BCUT2D eigenvalue weighted by atomic mass is 10.0. The van der Waals surface area contributed by atoms with Crippen LogP contribution < -0.4 is 10.5 Å².